The van der Waals surface area contributed by atoms with Crippen molar-refractivity contribution in [3.63, 3.8) is 0 Å². The van der Waals surface area contributed by atoms with Crippen LogP contribution in [0.15, 0.2) is 170 Å². The van der Waals surface area contributed by atoms with Gasteiger partial charge in [0.05, 0.1) is 6.61 Å². The van der Waals surface area contributed by atoms with Crippen molar-refractivity contribution in [2.75, 3.05) is 13.2 Å². The SMILES string of the molecule is CC/C=C\C/C=C\C/C=C\C/C=C\C/C=C\C/C=C\C/C=C\C/C=C\C/C=C\CCCCCCCCCCCCCCCC(=O)OC(CO)COC(=O)CCCCCCCCCCCCCCCCCCCCC/C=C\C/C=C\C/C=C\C/C=C\C/C=C\CC. The summed E-state index contributed by atoms with van der Waals surface area (Å²) in [7, 11) is 0. The molecule has 0 amide bonds. The summed E-state index contributed by atoms with van der Waals surface area (Å²) in [5, 5.41) is 9.72. The fourth-order valence-electron chi connectivity index (χ4n) is 10.5. The molecular formula is C85H140O5. The van der Waals surface area contributed by atoms with Crippen molar-refractivity contribution < 1.29 is 24.2 Å². The first kappa shape index (κ1) is 85.3. The van der Waals surface area contributed by atoms with E-state index in [9.17, 15) is 14.7 Å². The zero-order chi connectivity index (χ0) is 64.7. The minimum Gasteiger partial charge on any atom is -0.462 e. The molecule has 0 aromatic carbocycles. The molecule has 0 aliphatic heterocycles. The van der Waals surface area contributed by atoms with E-state index in [1.54, 1.807) is 0 Å². The lowest BCUT2D eigenvalue weighted by atomic mass is 10.0. The van der Waals surface area contributed by atoms with E-state index < -0.39 is 6.10 Å². The van der Waals surface area contributed by atoms with E-state index in [0.29, 0.717) is 12.8 Å². The van der Waals surface area contributed by atoms with E-state index in [0.717, 1.165) is 128 Å². The maximum absolute atomic E-state index is 12.4. The summed E-state index contributed by atoms with van der Waals surface area (Å²) in [6, 6.07) is 0. The summed E-state index contributed by atoms with van der Waals surface area (Å²) in [6.07, 6.45) is 121. The van der Waals surface area contributed by atoms with Crippen molar-refractivity contribution in [2.45, 2.75) is 341 Å². The fraction of sp³-hybridized carbons (Fsp3) is 0.647. The van der Waals surface area contributed by atoms with Crippen molar-refractivity contribution >= 4 is 11.9 Å². The highest BCUT2D eigenvalue weighted by molar-refractivity contribution is 5.70. The second-order valence-corrected chi connectivity index (χ2v) is 24.6. The molecule has 0 saturated heterocycles. The molecule has 0 rings (SSSR count). The number of hydrogen-bond acceptors (Lipinski definition) is 5. The van der Waals surface area contributed by atoms with E-state index in [4.69, 9.17) is 9.47 Å². The van der Waals surface area contributed by atoms with E-state index in [1.807, 2.05) is 0 Å². The van der Waals surface area contributed by atoms with Crippen LogP contribution in [-0.2, 0) is 19.1 Å². The smallest absolute Gasteiger partial charge is 0.306 e. The Kier molecular flexibility index (Phi) is 74.4. The average Bonchev–Trinajstić information content (AvgIpc) is 3.60. The number of allylic oxidation sites excluding steroid dienone is 28. The predicted octanol–water partition coefficient (Wildman–Crippen LogP) is 26.8. The second-order valence-electron chi connectivity index (χ2n) is 24.6. The Morgan fingerprint density at radius 2 is 0.444 bits per heavy atom. The lowest BCUT2D eigenvalue weighted by Gasteiger charge is -2.15. The quantitative estimate of drug-likeness (QED) is 0.0373. The van der Waals surface area contributed by atoms with Crippen molar-refractivity contribution in [3.8, 4) is 0 Å². The third-order valence-electron chi connectivity index (χ3n) is 16.0. The molecule has 1 N–H and O–H groups in total. The van der Waals surface area contributed by atoms with E-state index in [-0.39, 0.29) is 25.2 Å². The van der Waals surface area contributed by atoms with E-state index in [1.165, 1.54) is 180 Å². The lowest BCUT2D eigenvalue weighted by molar-refractivity contribution is -0.161. The molecule has 90 heavy (non-hydrogen) atoms. The van der Waals surface area contributed by atoms with Gasteiger partial charge in [-0.25, -0.2) is 0 Å². The number of aliphatic hydroxyl groups is 1. The second kappa shape index (κ2) is 78.5. The topological polar surface area (TPSA) is 72.8 Å². The highest BCUT2D eigenvalue weighted by Crippen LogP contribution is 2.18. The highest BCUT2D eigenvalue weighted by Gasteiger charge is 2.16. The van der Waals surface area contributed by atoms with Gasteiger partial charge in [0.25, 0.3) is 0 Å². The molecule has 1 unspecified atom stereocenters. The molecule has 0 saturated carbocycles. The van der Waals surface area contributed by atoms with Gasteiger partial charge < -0.3 is 14.6 Å². The van der Waals surface area contributed by atoms with Crippen molar-refractivity contribution in [1.82, 2.24) is 0 Å². The lowest BCUT2D eigenvalue weighted by Crippen LogP contribution is -2.28. The normalized spacial score (nSPS) is 13.2. The van der Waals surface area contributed by atoms with Gasteiger partial charge in [-0.2, -0.15) is 0 Å². The summed E-state index contributed by atoms with van der Waals surface area (Å²) in [4.78, 5) is 24.7. The standard InChI is InChI=1S/C85H140O5/c1-3-5-7-9-11-13-15-17-19-21-23-25-27-29-31-33-35-37-39-40-41-42-43-44-46-48-50-52-54-56-58-60-62-64-66-68-70-72-74-76-78-80-85(88)90-83(81-86)82-89-84(87)79-77-75-73-71-69-67-65-63-61-59-57-55-53-51-49-47-45-38-36-34-32-30-28-26-24-22-20-18-16-14-12-10-8-6-4-2/h5-8,11-14,17-20,23-26,29-32,35,37,40-41,43-44,48,50,83,86H,3-4,9-10,15-16,21-22,27-28,33-34,36,38-39,42,45-47,49,51-82H2,1-2H3/b7-5-,8-6-,13-11-,14-12-,19-17-,20-18-,25-23-,26-24-,31-29-,32-30-,37-35-,41-40-,44-43-,50-48-. The largest absolute Gasteiger partial charge is 0.462 e. The zero-order valence-corrected chi connectivity index (χ0v) is 58.6. The Labute approximate surface area is 557 Å². The van der Waals surface area contributed by atoms with E-state index >= 15 is 0 Å². The highest BCUT2D eigenvalue weighted by atomic mass is 16.6. The molecule has 0 spiro atoms. The maximum atomic E-state index is 12.4. The third kappa shape index (κ3) is 75.7. The Balaban J connectivity index is 3.50. The van der Waals surface area contributed by atoms with Crippen LogP contribution in [0.5, 0.6) is 0 Å². The number of carbonyl (C=O) groups is 2. The van der Waals surface area contributed by atoms with Gasteiger partial charge in [0.15, 0.2) is 6.10 Å². The predicted molar refractivity (Wildman–Crippen MR) is 398 cm³/mol. The first-order valence-electron chi connectivity index (χ1n) is 37.7. The van der Waals surface area contributed by atoms with Crippen LogP contribution in [-0.4, -0.2) is 36.4 Å². The zero-order valence-electron chi connectivity index (χ0n) is 58.6. The molecule has 0 heterocycles. The number of rotatable bonds is 68. The van der Waals surface area contributed by atoms with Gasteiger partial charge in [0, 0.05) is 12.8 Å². The minimum atomic E-state index is -0.783. The molecule has 0 aromatic rings. The summed E-state index contributed by atoms with van der Waals surface area (Å²) in [5.74, 6) is -0.587. The van der Waals surface area contributed by atoms with Gasteiger partial charge in [-0.3, -0.25) is 9.59 Å². The van der Waals surface area contributed by atoms with Crippen molar-refractivity contribution in [3.05, 3.63) is 170 Å². The molecule has 0 aliphatic rings. The number of hydrogen-bond donors (Lipinski definition) is 1. The van der Waals surface area contributed by atoms with E-state index in [2.05, 4.69) is 184 Å². The molecule has 0 aromatic heterocycles. The van der Waals surface area contributed by atoms with Crippen LogP contribution in [0.1, 0.15) is 335 Å². The molecule has 5 heteroatoms. The number of esters is 2. The Bertz CT molecular complexity index is 1940. The molecule has 1 atom stereocenters. The summed E-state index contributed by atoms with van der Waals surface area (Å²) < 4.78 is 10.8. The Morgan fingerprint density at radius 3 is 0.667 bits per heavy atom. The number of ether oxygens (including phenoxy) is 2. The first-order chi connectivity index (χ1) is 44.6. The van der Waals surface area contributed by atoms with Crippen LogP contribution in [0.4, 0.5) is 0 Å². The fourth-order valence-corrected chi connectivity index (χ4v) is 10.5. The van der Waals surface area contributed by atoms with Gasteiger partial charge >= 0.3 is 11.9 Å². The number of carbonyl (C=O) groups excluding carboxylic acids is 2. The van der Waals surface area contributed by atoms with Gasteiger partial charge in [0.2, 0.25) is 0 Å². The Morgan fingerprint density at radius 1 is 0.256 bits per heavy atom. The molecule has 0 radical (unpaired) electrons. The third-order valence-corrected chi connectivity index (χ3v) is 16.0. The van der Waals surface area contributed by atoms with Crippen LogP contribution < -0.4 is 0 Å². The Hall–Kier alpha value is -4.74. The molecule has 0 aliphatic carbocycles. The van der Waals surface area contributed by atoms with Crippen LogP contribution in [0.3, 0.4) is 0 Å². The number of aliphatic hydroxyl groups excluding tert-OH is 1. The van der Waals surface area contributed by atoms with Crippen LogP contribution in [0.25, 0.3) is 0 Å². The molecule has 5 nitrogen and oxygen atoms in total. The molecule has 0 bridgehead atoms. The van der Waals surface area contributed by atoms with Crippen LogP contribution in [0, 0.1) is 0 Å². The van der Waals surface area contributed by atoms with Crippen molar-refractivity contribution in [2.24, 2.45) is 0 Å². The number of unbranched alkanes of at least 4 members (excludes halogenated alkanes) is 32. The molecular weight excluding hydrogens is 1100 g/mol. The summed E-state index contributed by atoms with van der Waals surface area (Å²) in [6.45, 7) is 3.93. The average molecular weight is 1240 g/mol. The summed E-state index contributed by atoms with van der Waals surface area (Å²) >= 11 is 0. The molecule has 510 valence electrons. The summed E-state index contributed by atoms with van der Waals surface area (Å²) in [5.41, 5.74) is 0. The first-order valence-corrected chi connectivity index (χ1v) is 37.7. The molecule has 0 fully saturated rings. The van der Waals surface area contributed by atoms with Gasteiger partial charge in [0.1, 0.15) is 6.61 Å². The van der Waals surface area contributed by atoms with Crippen LogP contribution in [0.2, 0.25) is 0 Å². The van der Waals surface area contributed by atoms with Gasteiger partial charge in [-0.1, -0.05) is 364 Å². The van der Waals surface area contributed by atoms with Gasteiger partial charge in [-0.15, -0.1) is 0 Å². The monoisotopic (exact) mass is 1240 g/mol. The minimum absolute atomic E-state index is 0.0706. The maximum Gasteiger partial charge on any atom is 0.306 e. The van der Waals surface area contributed by atoms with Gasteiger partial charge in [-0.05, 0) is 128 Å². The van der Waals surface area contributed by atoms with Crippen LogP contribution >= 0.6 is 0 Å². The van der Waals surface area contributed by atoms with Crippen molar-refractivity contribution in [1.29, 1.82) is 0 Å².